The van der Waals surface area contributed by atoms with Gasteiger partial charge in [-0.1, -0.05) is 65.2 Å². The summed E-state index contributed by atoms with van der Waals surface area (Å²) in [4.78, 5) is 12.3. The van der Waals surface area contributed by atoms with Gasteiger partial charge in [-0.25, -0.2) is 0 Å². The van der Waals surface area contributed by atoms with Crippen LogP contribution in [0.5, 0.6) is 0 Å². The van der Waals surface area contributed by atoms with Gasteiger partial charge in [0, 0.05) is 12.8 Å². The standard InChI is InChI=1S/C20H42N2O5S/c1-5-7-8-9-10-11-12-13-14-15-20(24)21-19(6-2)22(3,4)16-18(23)17-28(25,26)27/h18-19,23H,5-17H2,1-4H3,(H-,21,24,25,26,27)/p+1. The first-order valence-electron chi connectivity index (χ1n) is 10.8. The van der Waals surface area contributed by atoms with Gasteiger partial charge in [-0.15, -0.1) is 0 Å². The van der Waals surface area contributed by atoms with Gasteiger partial charge in [-0.05, 0) is 6.42 Å². The van der Waals surface area contributed by atoms with E-state index in [1.807, 2.05) is 21.0 Å². The van der Waals surface area contributed by atoms with Crippen molar-refractivity contribution in [1.82, 2.24) is 5.32 Å². The van der Waals surface area contributed by atoms with Gasteiger partial charge in [0.2, 0.25) is 5.91 Å². The molecule has 0 aliphatic rings. The summed E-state index contributed by atoms with van der Waals surface area (Å²) in [6.45, 7) is 4.28. The Kier molecular flexibility index (Phi) is 14.0. The van der Waals surface area contributed by atoms with E-state index in [9.17, 15) is 18.3 Å². The molecule has 28 heavy (non-hydrogen) atoms. The number of nitrogens with one attached hydrogen (secondary N) is 1. The molecule has 7 nitrogen and oxygen atoms in total. The van der Waals surface area contributed by atoms with Gasteiger partial charge in [-0.2, -0.15) is 8.42 Å². The fourth-order valence-electron chi connectivity index (χ4n) is 3.59. The van der Waals surface area contributed by atoms with E-state index in [0.717, 1.165) is 12.8 Å². The minimum Gasteiger partial charge on any atom is -0.386 e. The van der Waals surface area contributed by atoms with Gasteiger partial charge < -0.3 is 14.9 Å². The van der Waals surface area contributed by atoms with E-state index < -0.39 is 22.0 Å². The zero-order valence-corrected chi connectivity index (χ0v) is 19.1. The maximum absolute atomic E-state index is 12.3. The first-order valence-corrected chi connectivity index (χ1v) is 12.4. The highest BCUT2D eigenvalue weighted by Crippen LogP contribution is 2.13. The van der Waals surface area contributed by atoms with E-state index in [-0.39, 0.29) is 23.1 Å². The summed E-state index contributed by atoms with van der Waals surface area (Å²) in [5.74, 6) is -0.706. The highest BCUT2D eigenvalue weighted by Gasteiger charge is 2.32. The van der Waals surface area contributed by atoms with Crippen LogP contribution >= 0.6 is 0 Å². The lowest BCUT2D eigenvalue weighted by Crippen LogP contribution is -2.60. The second kappa shape index (κ2) is 14.3. The predicted molar refractivity (Wildman–Crippen MR) is 113 cm³/mol. The Morgan fingerprint density at radius 2 is 1.46 bits per heavy atom. The van der Waals surface area contributed by atoms with Crippen molar-refractivity contribution in [3.63, 3.8) is 0 Å². The number of unbranched alkanes of at least 4 members (excludes halogenated alkanes) is 8. The molecule has 8 heteroatoms. The lowest BCUT2D eigenvalue weighted by molar-refractivity contribution is -0.920. The van der Waals surface area contributed by atoms with Crippen LogP contribution in [0.4, 0.5) is 0 Å². The highest BCUT2D eigenvalue weighted by molar-refractivity contribution is 7.85. The first kappa shape index (κ1) is 27.3. The van der Waals surface area contributed by atoms with E-state index in [1.54, 1.807) is 0 Å². The molecule has 0 aromatic rings. The third-order valence-electron chi connectivity index (χ3n) is 5.15. The number of nitrogens with zero attached hydrogens (tertiary/aromatic N) is 1. The molecule has 0 aliphatic carbocycles. The second-order valence-electron chi connectivity index (χ2n) is 8.43. The van der Waals surface area contributed by atoms with Crippen LogP contribution in [-0.2, 0) is 14.9 Å². The normalized spacial score (nSPS) is 14.6. The maximum Gasteiger partial charge on any atom is 0.267 e. The first-order chi connectivity index (χ1) is 13.0. The molecule has 0 aliphatic heterocycles. The van der Waals surface area contributed by atoms with E-state index >= 15 is 0 Å². The molecule has 0 saturated heterocycles. The number of likely N-dealkylation sites (N-methyl/N-ethyl adjacent to an activating group) is 1. The van der Waals surface area contributed by atoms with Gasteiger partial charge in [0.05, 0.1) is 14.1 Å². The number of aliphatic hydroxyl groups excluding tert-OH is 1. The maximum atomic E-state index is 12.3. The summed E-state index contributed by atoms with van der Waals surface area (Å²) in [7, 11) is -0.558. The topological polar surface area (TPSA) is 104 Å². The van der Waals surface area contributed by atoms with Crippen LogP contribution in [0.25, 0.3) is 0 Å². The smallest absolute Gasteiger partial charge is 0.267 e. The molecule has 0 aromatic heterocycles. The summed E-state index contributed by atoms with van der Waals surface area (Å²) >= 11 is 0. The van der Waals surface area contributed by atoms with Crippen molar-refractivity contribution in [2.75, 3.05) is 26.4 Å². The van der Waals surface area contributed by atoms with E-state index in [4.69, 9.17) is 4.55 Å². The molecule has 0 saturated carbocycles. The van der Waals surface area contributed by atoms with Crippen LogP contribution in [0.2, 0.25) is 0 Å². The number of aliphatic hydroxyl groups is 1. The van der Waals surface area contributed by atoms with Crippen molar-refractivity contribution in [3.05, 3.63) is 0 Å². The Morgan fingerprint density at radius 3 is 1.93 bits per heavy atom. The summed E-state index contributed by atoms with van der Waals surface area (Å²) < 4.78 is 31.0. The van der Waals surface area contributed by atoms with E-state index in [1.165, 1.54) is 44.9 Å². The minimum absolute atomic E-state index is 0.00901. The SMILES string of the molecule is CCCCCCCCCCCC(=O)NC(CC)[N+](C)(C)CC(O)CS(=O)(=O)O. The third-order valence-corrected chi connectivity index (χ3v) is 5.96. The molecule has 1 amide bonds. The van der Waals surface area contributed by atoms with Crippen LogP contribution in [0, 0.1) is 0 Å². The van der Waals surface area contributed by atoms with Crippen molar-refractivity contribution < 1.29 is 27.4 Å². The molecule has 2 atom stereocenters. The quantitative estimate of drug-likeness (QED) is 0.144. The molecule has 0 radical (unpaired) electrons. The average Bonchev–Trinajstić information content (AvgIpc) is 2.55. The molecule has 3 N–H and O–H groups in total. The van der Waals surface area contributed by atoms with E-state index in [2.05, 4.69) is 12.2 Å². The van der Waals surface area contributed by atoms with Gasteiger partial charge in [0.1, 0.15) is 18.4 Å². The van der Waals surface area contributed by atoms with Crippen LogP contribution in [0.1, 0.15) is 84.5 Å². The van der Waals surface area contributed by atoms with Crippen molar-refractivity contribution >= 4 is 16.0 Å². The van der Waals surface area contributed by atoms with Crippen molar-refractivity contribution in [1.29, 1.82) is 0 Å². The average molecular weight is 424 g/mol. The monoisotopic (exact) mass is 423 g/mol. The van der Waals surface area contributed by atoms with Gasteiger partial charge in [-0.3, -0.25) is 9.35 Å². The number of carbonyl (C=O) groups is 1. The van der Waals surface area contributed by atoms with Crippen LogP contribution in [-0.4, -0.2) is 67.1 Å². The predicted octanol–water partition coefficient (Wildman–Crippen LogP) is 3.08. The molecule has 0 spiro atoms. The molecule has 0 fully saturated rings. The van der Waals surface area contributed by atoms with Gasteiger partial charge in [0.25, 0.3) is 10.1 Å². The minimum atomic E-state index is -4.23. The van der Waals surface area contributed by atoms with Gasteiger partial charge >= 0.3 is 0 Å². The molecular weight excluding hydrogens is 380 g/mol. The molecule has 0 heterocycles. The number of quaternary nitrogens is 1. The highest BCUT2D eigenvalue weighted by atomic mass is 32.2. The fraction of sp³-hybridized carbons (Fsp3) is 0.950. The number of hydrogen-bond acceptors (Lipinski definition) is 4. The largest absolute Gasteiger partial charge is 0.386 e. The molecular formula is C20H43N2O5S+. The second-order valence-corrected chi connectivity index (χ2v) is 9.93. The summed E-state index contributed by atoms with van der Waals surface area (Å²) in [6.07, 6.45) is 10.6. The number of rotatable bonds is 17. The fourth-order valence-corrected chi connectivity index (χ4v) is 4.18. The molecule has 2 unspecified atom stereocenters. The van der Waals surface area contributed by atoms with Crippen molar-refractivity contribution in [2.24, 2.45) is 0 Å². The number of hydrogen-bond donors (Lipinski definition) is 3. The molecule has 0 bridgehead atoms. The van der Waals surface area contributed by atoms with Crippen molar-refractivity contribution in [3.8, 4) is 0 Å². The Labute approximate surface area is 172 Å². The van der Waals surface area contributed by atoms with E-state index in [0.29, 0.717) is 12.8 Å². The zero-order valence-electron chi connectivity index (χ0n) is 18.3. The zero-order chi connectivity index (χ0) is 21.6. The molecule has 0 rings (SSSR count). The Hall–Kier alpha value is -0.700. The van der Waals surface area contributed by atoms with Crippen LogP contribution in [0.15, 0.2) is 0 Å². The molecule has 0 aromatic carbocycles. The van der Waals surface area contributed by atoms with Crippen molar-refractivity contribution in [2.45, 2.75) is 96.7 Å². The van der Waals surface area contributed by atoms with Gasteiger partial charge in [0.15, 0.2) is 6.17 Å². The van der Waals surface area contributed by atoms with Crippen LogP contribution < -0.4 is 5.32 Å². The summed E-state index contributed by atoms with van der Waals surface area (Å²) in [6, 6.07) is 0. The number of carbonyl (C=O) groups excluding carboxylic acids is 1. The lowest BCUT2D eigenvalue weighted by Gasteiger charge is -2.39. The summed E-state index contributed by atoms with van der Waals surface area (Å²) in [5, 5.41) is 12.9. The number of amides is 1. The Morgan fingerprint density at radius 1 is 0.964 bits per heavy atom. The Balaban J connectivity index is 4.15. The Bertz CT molecular complexity index is 523. The lowest BCUT2D eigenvalue weighted by atomic mass is 10.1. The third kappa shape index (κ3) is 14.3. The molecule has 168 valence electrons. The van der Waals surface area contributed by atoms with Crippen LogP contribution in [0.3, 0.4) is 0 Å². The summed E-state index contributed by atoms with van der Waals surface area (Å²) in [5.41, 5.74) is 0.